The van der Waals surface area contributed by atoms with Crippen LogP contribution in [0.5, 0.6) is 11.5 Å². The van der Waals surface area contributed by atoms with E-state index < -0.39 is 17.7 Å². The maximum atomic E-state index is 13.4. The third kappa shape index (κ3) is 5.07. The lowest BCUT2D eigenvalue weighted by Crippen LogP contribution is -2.29. The van der Waals surface area contributed by atoms with Crippen LogP contribution in [0.15, 0.2) is 72.3 Å². The highest BCUT2D eigenvalue weighted by molar-refractivity contribution is 6.51. The number of benzene rings is 3. The van der Waals surface area contributed by atoms with E-state index in [0.717, 1.165) is 5.56 Å². The Kier molecular flexibility index (Phi) is 7.32. The van der Waals surface area contributed by atoms with Crippen molar-refractivity contribution in [3.05, 3.63) is 94.0 Å². The zero-order valence-electron chi connectivity index (χ0n) is 21.5. The Morgan fingerprint density at radius 1 is 1.03 bits per heavy atom. The number of amides is 1. The van der Waals surface area contributed by atoms with Crippen molar-refractivity contribution < 1.29 is 24.2 Å². The molecule has 4 rings (SSSR count). The fourth-order valence-electron chi connectivity index (χ4n) is 4.42. The highest BCUT2D eigenvalue weighted by Crippen LogP contribution is 2.43. The second kappa shape index (κ2) is 10.3. The van der Waals surface area contributed by atoms with Gasteiger partial charge in [0.15, 0.2) is 0 Å². The minimum absolute atomic E-state index is 0.0251. The maximum absolute atomic E-state index is 13.4. The summed E-state index contributed by atoms with van der Waals surface area (Å²) in [5.74, 6) is -0.873. The molecule has 3 aromatic carbocycles. The van der Waals surface area contributed by atoms with E-state index in [1.54, 1.807) is 49.6 Å². The van der Waals surface area contributed by atoms with Gasteiger partial charge in [0, 0.05) is 11.3 Å². The highest BCUT2D eigenvalue weighted by Gasteiger charge is 2.47. The molecule has 0 saturated carbocycles. The van der Waals surface area contributed by atoms with E-state index >= 15 is 0 Å². The number of aliphatic hydroxyl groups excluding tert-OH is 1. The molecule has 0 aliphatic carbocycles. The molecular weight excluding hydrogens is 490 g/mol. The molecule has 0 aromatic heterocycles. The Labute approximate surface area is 222 Å². The summed E-state index contributed by atoms with van der Waals surface area (Å²) in [7, 11) is 1.55. The average molecular weight is 520 g/mol. The van der Waals surface area contributed by atoms with Gasteiger partial charge in [-0.05, 0) is 65.9 Å². The lowest BCUT2D eigenvalue weighted by Gasteiger charge is -2.27. The molecule has 1 aliphatic heterocycles. The molecule has 7 heteroatoms. The minimum atomic E-state index is -0.873. The lowest BCUT2D eigenvalue weighted by atomic mass is 9.87. The summed E-state index contributed by atoms with van der Waals surface area (Å²) < 4.78 is 11.0. The Bertz CT molecular complexity index is 1370. The molecule has 192 valence electrons. The monoisotopic (exact) mass is 519 g/mol. The van der Waals surface area contributed by atoms with E-state index in [1.807, 2.05) is 31.2 Å². The SMILES string of the molecule is CCOc1cc(/C(O)=C2/C(=O)C(=O)N(c3ccc(C(C)(C)C)cc3)C2c2cccc(OC)c2)ccc1Cl. The predicted molar refractivity (Wildman–Crippen MR) is 146 cm³/mol. The molecule has 0 bridgehead atoms. The molecule has 1 saturated heterocycles. The van der Waals surface area contributed by atoms with Crippen LogP contribution in [0.2, 0.25) is 5.02 Å². The van der Waals surface area contributed by atoms with Crippen molar-refractivity contribution in [1.29, 1.82) is 0 Å². The predicted octanol–water partition coefficient (Wildman–Crippen LogP) is 6.67. The fourth-order valence-corrected chi connectivity index (χ4v) is 4.59. The van der Waals surface area contributed by atoms with Gasteiger partial charge in [-0.2, -0.15) is 0 Å². The van der Waals surface area contributed by atoms with Crippen LogP contribution in [0, 0.1) is 0 Å². The first-order valence-corrected chi connectivity index (χ1v) is 12.4. The van der Waals surface area contributed by atoms with Gasteiger partial charge in [0.2, 0.25) is 0 Å². The zero-order valence-corrected chi connectivity index (χ0v) is 22.3. The molecule has 1 fully saturated rings. The third-order valence-electron chi connectivity index (χ3n) is 6.37. The number of methoxy groups -OCH3 is 1. The van der Waals surface area contributed by atoms with Gasteiger partial charge in [-0.1, -0.05) is 56.6 Å². The molecule has 37 heavy (non-hydrogen) atoms. The van der Waals surface area contributed by atoms with Gasteiger partial charge in [-0.25, -0.2) is 0 Å². The van der Waals surface area contributed by atoms with E-state index in [-0.39, 0.29) is 16.7 Å². The van der Waals surface area contributed by atoms with Crippen LogP contribution in [-0.4, -0.2) is 30.5 Å². The molecule has 0 radical (unpaired) electrons. The van der Waals surface area contributed by atoms with E-state index in [4.69, 9.17) is 21.1 Å². The van der Waals surface area contributed by atoms with Crippen LogP contribution in [0.1, 0.15) is 50.4 Å². The van der Waals surface area contributed by atoms with Crippen molar-refractivity contribution in [3.63, 3.8) is 0 Å². The maximum Gasteiger partial charge on any atom is 0.300 e. The molecule has 6 nitrogen and oxygen atoms in total. The zero-order chi connectivity index (χ0) is 26.9. The van der Waals surface area contributed by atoms with Crippen LogP contribution in [0.25, 0.3) is 5.76 Å². The first-order valence-electron chi connectivity index (χ1n) is 12.0. The summed E-state index contributed by atoms with van der Waals surface area (Å²) in [5.41, 5.74) is 2.48. The summed E-state index contributed by atoms with van der Waals surface area (Å²) in [5, 5.41) is 11.8. The summed E-state index contributed by atoms with van der Waals surface area (Å²) in [6.45, 7) is 8.51. The fraction of sp³-hybridized carbons (Fsp3) is 0.267. The van der Waals surface area contributed by atoms with E-state index in [1.165, 1.54) is 4.90 Å². The first-order chi connectivity index (χ1) is 17.6. The topological polar surface area (TPSA) is 76.1 Å². The number of hydrogen-bond donors (Lipinski definition) is 1. The molecule has 1 atom stereocenters. The largest absolute Gasteiger partial charge is 0.507 e. The van der Waals surface area contributed by atoms with E-state index in [0.29, 0.717) is 39.9 Å². The van der Waals surface area contributed by atoms with Crippen LogP contribution in [0.4, 0.5) is 5.69 Å². The Morgan fingerprint density at radius 2 is 1.73 bits per heavy atom. The molecule has 3 aromatic rings. The van der Waals surface area contributed by atoms with Gasteiger partial charge >= 0.3 is 0 Å². The van der Waals surface area contributed by atoms with Gasteiger partial charge in [0.05, 0.1) is 30.4 Å². The van der Waals surface area contributed by atoms with Gasteiger partial charge in [-0.3, -0.25) is 14.5 Å². The summed E-state index contributed by atoms with van der Waals surface area (Å²) >= 11 is 6.23. The molecule has 1 N–H and O–H groups in total. The number of carbonyl (C=O) groups is 2. The number of carbonyl (C=O) groups excluding carboxylic acids is 2. The number of ether oxygens (including phenoxy) is 2. The van der Waals surface area contributed by atoms with Crippen molar-refractivity contribution in [2.24, 2.45) is 0 Å². The number of aliphatic hydroxyl groups is 1. The summed E-state index contributed by atoms with van der Waals surface area (Å²) in [6, 6.07) is 18.5. The van der Waals surface area contributed by atoms with Crippen molar-refractivity contribution >= 4 is 34.7 Å². The van der Waals surface area contributed by atoms with Crippen LogP contribution in [-0.2, 0) is 15.0 Å². The molecule has 1 amide bonds. The van der Waals surface area contributed by atoms with Crippen LogP contribution in [0.3, 0.4) is 0 Å². The molecular formula is C30H30ClNO5. The Morgan fingerprint density at radius 3 is 2.35 bits per heavy atom. The quantitative estimate of drug-likeness (QED) is 0.223. The number of hydrogen-bond acceptors (Lipinski definition) is 5. The first kappa shape index (κ1) is 26.3. The smallest absolute Gasteiger partial charge is 0.300 e. The lowest BCUT2D eigenvalue weighted by molar-refractivity contribution is -0.132. The van der Waals surface area contributed by atoms with Gasteiger partial charge < -0.3 is 14.6 Å². The van der Waals surface area contributed by atoms with Crippen LogP contribution < -0.4 is 14.4 Å². The van der Waals surface area contributed by atoms with Crippen molar-refractivity contribution in [2.75, 3.05) is 18.6 Å². The standard InChI is InChI=1S/C30H30ClNO5/c1-6-37-24-17-19(10-15-23(24)31)27(33)25-26(18-8-7-9-22(16-18)36-5)32(29(35)28(25)34)21-13-11-20(12-14-21)30(2,3)4/h7-17,26,33H,6H2,1-5H3/b27-25-. The number of Topliss-reactive ketones (excluding diaryl/α,β-unsaturated/α-hetero) is 1. The molecule has 1 aliphatic rings. The molecule has 0 spiro atoms. The number of rotatable bonds is 6. The average Bonchev–Trinajstić information content (AvgIpc) is 3.15. The van der Waals surface area contributed by atoms with E-state index in [9.17, 15) is 14.7 Å². The summed E-state index contributed by atoms with van der Waals surface area (Å²) in [6.07, 6.45) is 0. The normalized spacial score (nSPS) is 17.2. The Hall–Kier alpha value is -3.77. The third-order valence-corrected chi connectivity index (χ3v) is 6.68. The van der Waals surface area contributed by atoms with Crippen LogP contribution >= 0.6 is 11.6 Å². The van der Waals surface area contributed by atoms with Gasteiger partial charge in [0.25, 0.3) is 11.7 Å². The van der Waals surface area contributed by atoms with Crippen molar-refractivity contribution in [1.82, 2.24) is 0 Å². The highest BCUT2D eigenvalue weighted by atomic mass is 35.5. The minimum Gasteiger partial charge on any atom is -0.507 e. The number of halogens is 1. The number of ketones is 1. The molecule has 1 heterocycles. The summed E-state index contributed by atoms with van der Waals surface area (Å²) in [4.78, 5) is 28.3. The van der Waals surface area contributed by atoms with E-state index in [2.05, 4.69) is 20.8 Å². The molecule has 1 unspecified atom stereocenters. The number of anilines is 1. The van der Waals surface area contributed by atoms with Gasteiger partial charge in [-0.15, -0.1) is 0 Å². The van der Waals surface area contributed by atoms with Crippen molar-refractivity contribution in [2.45, 2.75) is 39.2 Å². The second-order valence-corrected chi connectivity index (χ2v) is 10.2. The Balaban J connectivity index is 1.92. The second-order valence-electron chi connectivity index (χ2n) is 9.82. The van der Waals surface area contributed by atoms with Crippen molar-refractivity contribution in [3.8, 4) is 11.5 Å². The van der Waals surface area contributed by atoms with Gasteiger partial charge in [0.1, 0.15) is 17.3 Å². The number of nitrogens with zero attached hydrogens (tertiary/aromatic N) is 1.